The van der Waals surface area contributed by atoms with Gasteiger partial charge in [0.15, 0.2) is 0 Å². The number of unbranched alkanes of at least 4 members (excludes halogenated alkanes) is 2. The van der Waals surface area contributed by atoms with Crippen molar-refractivity contribution in [2.75, 3.05) is 0 Å². The number of rotatable bonds is 6. The summed E-state index contributed by atoms with van der Waals surface area (Å²) in [5.41, 5.74) is -0.177. The molecule has 2 nitrogen and oxygen atoms in total. The summed E-state index contributed by atoms with van der Waals surface area (Å²) in [5, 5.41) is 9.95. The van der Waals surface area contributed by atoms with Gasteiger partial charge in [0.1, 0.15) is 5.78 Å². The van der Waals surface area contributed by atoms with Gasteiger partial charge >= 0.3 is 0 Å². The number of ketones is 1. The number of carbonyl (C=O) groups excluding carboxylic acids is 1. The first-order valence-electron chi connectivity index (χ1n) is 11.6. The van der Waals surface area contributed by atoms with E-state index in [1.165, 1.54) is 64.2 Å². The molecule has 0 aromatic heterocycles. The molecule has 0 radical (unpaired) electrons. The van der Waals surface area contributed by atoms with Crippen molar-refractivity contribution in [2.24, 2.45) is 29.1 Å². The molecule has 0 heterocycles. The molecular formula is C24H39NO. The Balaban J connectivity index is 1.46. The molecule has 0 amide bonds. The third kappa shape index (κ3) is 4.71. The lowest BCUT2D eigenvalue weighted by Crippen LogP contribution is -2.38. The second kappa shape index (κ2) is 9.38. The summed E-state index contributed by atoms with van der Waals surface area (Å²) in [6, 6.07) is 2.71. The van der Waals surface area contributed by atoms with Crippen molar-refractivity contribution in [2.45, 2.75) is 110 Å². The monoisotopic (exact) mass is 357 g/mol. The number of hydrogen-bond donors (Lipinski definition) is 0. The Hall–Kier alpha value is -0.840. The fourth-order valence-corrected chi connectivity index (χ4v) is 6.37. The number of hydrogen-bond acceptors (Lipinski definition) is 2. The van der Waals surface area contributed by atoms with E-state index in [2.05, 4.69) is 13.0 Å². The van der Waals surface area contributed by atoms with E-state index in [0.29, 0.717) is 18.1 Å². The van der Waals surface area contributed by atoms with Crippen molar-refractivity contribution >= 4 is 5.78 Å². The fraction of sp³-hybridized carbons (Fsp3) is 0.917. The molecule has 0 aromatic carbocycles. The molecule has 3 rings (SSSR count). The zero-order valence-corrected chi connectivity index (χ0v) is 17.0. The lowest BCUT2D eigenvalue weighted by molar-refractivity contribution is -0.123. The van der Waals surface area contributed by atoms with Crippen LogP contribution in [0, 0.1) is 40.4 Å². The Morgan fingerprint density at radius 2 is 1.69 bits per heavy atom. The highest BCUT2D eigenvalue weighted by atomic mass is 16.1. The van der Waals surface area contributed by atoms with Crippen LogP contribution >= 0.6 is 0 Å². The number of carbonyl (C=O) groups is 1. The maximum Gasteiger partial charge on any atom is 0.133 e. The van der Waals surface area contributed by atoms with E-state index in [-0.39, 0.29) is 5.41 Å². The minimum atomic E-state index is -0.177. The SMILES string of the molecule is CCCCCC1CCC(C2CCC(C#N)(C3CCCC(=O)C3)CC2)CC1. The molecule has 0 N–H and O–H groups in total. The molecule has 26 heavy (non-hydrogen) atoms. The van der Waals surface area contributed by atoms with Crippen LogP contribution in [-0.2, 0) is 4.79 Å². The Labute approximate surface area is 161 Å². The predicted molar refractivity (Wildman–Crippen MR) is 107 cm³/mol. The predicted octanol–water partition coefficient (Wildman–Crippen LogP) is 6.83. The van der Waals surface area contributed by atoms with Crippen LogP contribution in [0.2, 0.25) is 0 Å². The van der Waals surface area contributed by atoms with Crippen molar-refractivity contribution in [1.82, 2.24) is 0 Å². The third-order valence-electron chi connectivity index (χ3n) is 8.18. The smallest absolute Gasteiger partial charge is 0.133 e. The van der Waals surface area contributed by atoms with Gasteiger partial charge in [-0.2, -0.15) is 5.26 Å². The van der Waals surface area contributed by atoms with Crippen LogP contribution < -0.4 is 0 Å². The summed E-state index contributed by atoms with van der Waals surface area (Å²) in [6.45, 7) is 2.30. The van der Waals surface area contributed by atoms with Gasteiger partial charge in [0.05, 0.1) is 11.5 Å². The molecule has 0 bridgehead atoms. The van der Waals surface area contributed by atoms with E-state index >= 15 is 0 Å². The van der Waals surface area contributed by atoms with Crippen LogP contribution in [0.5, 0.6) is 0 Å². The third-order valence-corrected chi connectivity index (χ3v) is 8.18. The number of Topliss-reactive ketones (excluding diaryl/α,β-unsaturated/α-hetero) is 1. The van der Waals surface area contributed by atoms with Gasteiger partial charge in [-0.15, -0.1) is 0 Å². The van der Waals surface area contributed by atoms with Crippen LogP contribution in [0.25, 0.3) is 0 Å². The molecule has 0 saturated heterocycles. The van der Waals surface area contributed by atoms with Gasteiger partial charge < -0.3 is 0 Å². The standard InChI is InChI=1S/C24H39NO/c1-2-3-4-6-19-9-11-20(12-10-19)21-13-15-24(18-25,16-14-21)22-7-5-8-23(26)17-22/h19-22H,2-17H2,1H3. The molecule has 0 aliphatic heterocycles. The first-order chi connectivity index (χ1) is 12.7. The highest BCUT2D eigenvalue weighted by Gasteiger charge is 2.45. The maximum absolute atomic E-state index is 11.9. The summed E-state index contributed by atoms with van der Waals surface area (Å²) >= 11 is 0. The lowest BCUT2D eigenvalue weighted by atomic mass is 9.58. The Morgan fingerprint density at radius 3 is 2.31 bits per heavy atom. The van der Waals surface area contributed by atoms with Crippen LogP contribution in [-0.4, -0.2) is 5.78 Å². The van der Waals surface area contributed by atoms with E-state index in [1.54, 1.807) is 0 Å². The van der Waals surface area contributed by atoms with E-state index in [1.807, 2.05) is 0 Å². The molecule has 3 saturated carbocycles. The van der Waals surface area contributed by atoms with Gasteiger partial charge in [-0.05, 0) is 75.0 Å². The topological polar surface area (TPSA) is 40.9 Å². The quantitative estimate of drug-likeness (QED) is 0.489. The summed E-state index contributed by atoms with van der Waals surface area (Å²) in [7, 11) is 0. The van der Waals surface area contributed by atoms with Gasteiger partial charge in [0.2, 0.25) is 0 Å². The molecule has 1 atom stereocenters. The van der Waals surface area contributed by atoms with Crippen LogP contribution in [0.15, 0.2) is 0 Å². The van der Waals surface area contributed by atoms with Gasteiger partial charge in [-0.3, -0.25) is 4.79 Å². The zero-order chi connectivity index (χ0) is 18.4. The highest BCUT2D eigenvalue weighted by molar-refractivity contribution is 5.79. The zero-order valence-electron chi connectivity index (χ0n) is 17.0. The minimum absolute atomic E-state index is 0.177. The molecule has 3 aliphatic carbocycles. The Bertz CT molecular complexity index is 489. The van der Waals surface area contributed by atoms with Crippen molar-refractivity contribution in [3.8, 4) is 6.07 Å². The summed E-state index contributed by atoms with van der Waals surface area (Å²) in [5.74, 6) is 3.52. The molecule has 3 aliphatic rings. The van der Waals surface area contributed by atoms with E-state index < -0.39 is 0 Å². The minimum Gasteiger partial charge on any atom is -0.300 e. The van der Waals surface area contributed by atoms with E-state index in [4.69, 9.17) is 0 Å². The molecule has 0 spiro atoms. The Kier molecular flexibility index (Phi) is 7.19. The van der Waals surface area contributed by atoms with Crippen LogP contribution in [0.1, 0.15) is 110 Å². The molecule has 1 unspecified atom stereocenters. The first-order valence-corrected chi connectivity index (χ1v) is 11.6. The molecule has 3 fully saturated rings. The molecule has 0 aromatic rings. The second-order valence-electron chi connectivity index (χ2n) is 9.71. The van der Waals surface area contributed by atoms with Gasteiger partial charge in [0, 0.05) is 12.8 Å². The van der Waals surface area contributed by atoms with Crippen LogP contribution in [0.3, 0.4) is 0 Å². The van der Waals surface area contributed by atoms with Crippen molar-refractivity contribution < 1.29 is 4.79 Å². The highest BCUT2D eigenvalue weighted by Crippen LogP contribution is 2.51. The van der Waals surface area contributed by atoms with Crippen molar-refractivity contribution in [1.29, 1.82) is 5.26 Å². The average Bonchev–Trinajstić information content (AvgIpc) is 2.69. The number of nitriles is 1. The Morgan fingerprint density at radius 1 is 1.00 bits per heavy atom. The van der Waals surface area contributed by atoms with Crippen molar-refractivity contribution in [3.63, 3.8) is 0 Å². The summed E-state index contributed by atoms with van der Waals surface area (Å²) in [6.07, 6.45) is 19.5. The maximum atomic E-state index is 11.9. The molecule has 146 valence electrons. The fourth-order valence-electron chi connectivity index (χ4n) is 6.37. The van der Waals surface area contributed by atoms with Crippen molar-refractivity contribution in [3.05, 3.63) is 0 Å². The number of nitrogens with zero attached hydrogens (tertiary/aromatic N) is 1. The molecular weight excluding hydrogens is 318 g/mol. The van der Waals surface area contributed by atoms with Gasteiger partial charge in [0.25, 0.3) is 0 Å². The van der Waals surface area contributed by atoms with E-state index in [0.717, 1.165) is 49.9 Å². The molecule has 2 heteroatoms. The average molecular weight is 358 g/mol. The lowest BCUT2D eigenvalue weighted by Gasteiger charge is -2.44. The van der Waals surface area contributed by atoms with Gasteiger partial charge in [-0.1, -0.05) is 45.4 Å². The van der Waals surface area contributed by atoms with Gasteiger partial charge in [-0.25, -0.2) is 0 Å². The summed E-state index contributed by atoms with van der Waals surface area (Å²) in [4.78, 5) is 11.9. The normalized spacial score (nSPS) is 38.7. The van der Waals surface area contributed by atoms with E-state index in [9.17, 15) is 10.1 Å². The largest absolute Gasteiger partial charge is 0.300 e. The second-order valence-corrected chi connectivity index (χ2v) is 9.71. The van der Waals surface area contributed by atoms with Crippen LogP contribution in [0.4, 0.5) is 0 Å². The first kappa shape index (κ1) is 19.9. The summed E-state index contributed by atoms with van der Waals surface area (Å²) < 4.78 is 0.